The molecule has 2 atom stereocenters. The molecule has 4 nitrogen and oxygen atoms in total. The predicted molar refractivity (Wildman–Crippen MR) is 79.4 cm³/mol. The molecule has 1 N–H and O–H groups in total. The van der Waals surface area contributed by atoms with Crippen LogP contribution in [0.1, 0.15) is 35.8 Å². The third-order valence-electron chi connectivity index (χ3n) is 4.35. The summed E-state index contributed by atoms with van der Waals surface area (Å²) in [6.45, 7) is 3.26. The maximum Gasteiger partial charge on any atom is 0.251 e. The van der Waals surface area contributed by atoms with Gasteiger partial charge in [0.2, 0.25) is 0 Å². The van der Waals surface area contributed by atoms with Gasteiger partial charge in [0.15, 0.2) is 5.78 Å². The Hall–Kier alpha value is -2.27. The summed E-state index contributed by atoms with van der Waals surface area (Å²) in [7, 11) is 0. The maximum absolute atomic E-state index is 13.7. The Morgan fingerprint density at radius 1 is 1.18 bits per heavy atom. The molecule has 114 valence electrons. The zero-order valence-corrected chi connectivity index (χ0v) is 12.3. The van der Waals surface area contributed by atoms with Gasteiger partial charge in [0.05, 0.1) is 17.6 Å². The van der Waals surface area contributed by atoms with Crippen LogP contribution in [0.3, 0.4) is 0 Å². The fourth-order valence-corrected chi connectivity index (χ4v) is 3.00. The van der Waals surface area contributed by atoms with Crippen molar-refractivity contribution in [3.63, 3.8) is 0 Å². The summed E-state index contributed by atoms with van der Waals surface area (Å²) in [6, 6.07) is 7.68. The van der Waals surface area contributed by atoms with Gasteiger partial charge in [-0.15, -0.1) is 0 Å². The molecule has 1 heterocycles. The van der Waals surface area contributed by atoms with E-state index in [0.717, 1.165) is 0 Å². The van der Waals surface area contributed by atoms with Gasteiger partial charge in [-0.2, -0.15) is 0 Å². The van der Waals surface area contributed by atoms with Crippen molar-refractivity contribution in [1.82, 2.24) is 4.57 Å². The quantitative estimate of drug-likeness (QED) is 0.878. The molecule has 2 aromatic rings. The van der Waals surface area contributed by atoms with Crippen LogP contribution in [-0.2, 0) is 0 Å². The lowest BCUT2D eigenvalue weighted by molar-refractivity contribution is 0.0133. The van der Waals surface area contributed by atoms with Gasteiger partial charge in [-0.1, -0.05) is 6.07 Å². The number of ketones is 1. The zero-order valence-electron chi connectivity index (χ0n) is 12.3. The third-order valence-corrected chi connectivity index (χ3v) is 4.35. The molecule has 1 aliphatic carbocycles. The number of Topliss-reactive ketones (excluding diaryl/α,β-unsaturated/α-hetero) is 1. The van der Waals surface area contributed by atoms with Crippen LogP contribution in [0.2, 0.25) is 0 Å². The first-order valence-electron chi connectivity index (χ1n) is 7.03. The Kier molecular flexibility index (Phi) is 3.25. The standard InChI is InChI=1S/C17H16FNO3/c1-17(2)15(21)11-7-6-10(18)9-12(11)14(16(17)22)19-8-4-3-5-13(19)20/h3-9,14,16,22H,1-2H3/t14-,16+/m0/s1. The highest BCUT2D eigenvalue weighted by molar-refractivity contribution is 6.03. The first kappa shape index (κ1) is 14.7. The molecule has 1 aromatic carbocycles. The fraction of sp³-hybridized carbons (Fsp3) is 0.294. The zero-order chi connectivity index (χ0) is 16.1. The fourth-order valence-electron chi connectivity index (χ4n) is 3.00. The molecule has 5 heteroatoms. The van der Waals surface area contributed by atoms with E-state index in [4.69, 9.17) is 0 Å². The number of aliphatic hydroxyl groups is 1. The summed E-state index contributed by atoms with van der Waals surface area (Å²) in [4.78, 5) is 24.7. The minimum absolute atomic E-state index is 0.254. The Morgan fingerprint density at radius 3 is 2.59 bits per heavy atom. The number of rotatable bonds is 1. The Bertz CT molecular complexity index is 810. The van der Waals surface area contributed by atoms with Gasteiger partial charge in [-0.3, -0.25) is 9.59 Å². The first-order chi connectivity index (χ1) is 10.3. The summed E-state index contributed by atoms with van der Waals surface area (Å²) >= 11 is 0. The number of carbonyl (C=O) groups excluding carboxylic acids is 1. The second-order valence-corrected chi connectivity index (χ2v) is 6.12. The van der Waals surface area contributed by atoms with Crippen LogP contribution >= 0.6 is 0 Å². The van der Waals surface area contributed by atoms with Crippen LogP contribution in [0.4, 0.5) is 4.39 Å². The molecule has 0 amide bonds. The van der Waals surface area contributed by atoms with Crippen LogP contribution in [0, 0.1) is 11.2 Å². The van der Waals surface area contributed by atoms with Crippen LogP contribution < -0.4 is 5.56 Å². The minimum Gasteiger partial charge on any atom is -0.390 e. The Balaban J connectivity index is 2.32. The molecule has 0 spiro atoms. The molecular formula is C17H16FNO3. The smallest absolute Gasteiger partial charge is 0.251 e. The molecule has 0 saturated heterocycles. The van der Waals surface area contributed by atoms with Crippen molar-refractivity contribution >= 4 is 5.78 Å². The third kappa shape index (κ3) is 2.01. The lowest BCUT2D eigenvalue weighted by Gasteiger charge is -2.41. The molecule has 0 fully saturated rings. The highest BCUT2D eigenvalue weighted by atomic mass is 19.1. The highest BCUT2D eigenvalue weighted by Crippen LogP contribution is 2.42. The molecule has 0 aliphatic heterocycles. The van der Waals surface area contributed by atoms with Crippen molar-refractivity contribution in [2.75, 3.05) is 0 Å². The molecular weight excluding hydrogens is 285 g/mol. The normalized spacial score (nSPS) is 23.2. The number of fused-ring (bicyclic) bond motifs is 1. The Morgan fingerprint density at radius 2 is 1.91 bits per heavy atom. The maximum atomic E-state index is 13.7. The second kappa shape index (κ2) is 4.88. The van der Waals surface area contributed by atoms with Crippen molar-refractivity contribution in [1.29, 1.82) is 0 Å². The second-order valence-electron chi connectivity index (χ2n) is 6.12. The molecule has 1 aromatic heterocycles. The average molecular weight is 301 g/mol. The van der Waals surface area contributed by atoms with Gasteiger partial charge in [-0.05, 0) is 43.7 Å². The van der Waals surface area contributed by atoms with E-state index in [1.54, 1.807) is 26.0 Å². The Labute approximate surface area is 126 Å². The summed E-state index contributed by atoms with van der Waals surface area (Å²) in [6.07, 6.45) is 0.408. The predicted octanol–water partition coefficient (Wildman–Crippen LogP) is 2.16. The van der Waals surface area contributed by atoms with E-state index in [0.29, 0.717) is 11.1 Å². The van der Waals surface area contributed by atoms with E-state index >= 15 is 0 Å². The number of halogens is 1. The van der Waals surface area contributed by atoms with Gasteiger partial charge in [0.1, 0.15) is 5.82 Å². The number of pyridine rings is 1. The molecule has 0 radical (unpaired) electrons. The first-order valence-corrected chi connectivity index (χ1v) is 7.03. The number of aliphatic hydroxyl groups excluding tert-OH is 1. The van der Waals surface area contributed by atoms with Gasteiger partial charge in [0.25, 0.3) is 5.56 Å². The van der Waals surface area contributed by atoms with Crippen molar-refractivity contribution in [3.8, 4) is 0 Å². The summed E-state index contributed by atoms with van der Waals surface area (Å²) in [5, 5.41) is 10.7. The number of carbonyl (C=O) groups is 1. The van der Waals surface area contributed by atoms with Crippen LogP contribution in [0.25, 0.3) is 0 Å². The van der Waals surface area contributed by atoms with Gasteiger partial charge < -0.3 is 9.67 Å². The molecule has 3 rings (SSSR count). The van der Waals surface area contributed by atoms with Gasteiger partial charge >= 0.3 is 0 Å². The average Bonchev–Trinajstić information content (AvgIpc) is 2.47. The largest absolute Gasteiger partial charge is 0.390 e. The van der Waals surface area contributed by atoms with Crippen LogP contribution in [0.15, 0.2) is 47.4 Å². The lowest BCUT2D eigenvalue weighted by atomic mass is 9.68. The van der Waals surface area contributed by atoms with E-state index < -0.39 is 23.4 Å². The van der Waals surface area contributed by atoms with E-state index in [9.17, 15) is 19.1 Å². The highest BCUT2D eigenvalue weighted by Gasteiger charge is 2.48. The molecule has 1 aliphatic rings. The summed E-state index contributed by atoms with van der Waals surface area (Å²) in [5.74, 6) is -0.761. The van der Waals surface area contributed by atoms with Crippen LogP contribution in [-0.4, -0.2) is 21.6 Å². The van der Waals surface area contributed by atoms with Crippen LogP contribution in [0.5, 0.6) is 0 Å². The molecule has 0 bridgehead atoms. The van der Waals surface area contributed by atoms with E-state index in [-0.39, 0.29) is 11.3 Å². The number of benzene rings is 1. The topological polar surface area (TPSA) is 59.3 Å². The molecule has 0 unspecified atom stereocenters. The SMILES string of the molecule is CC1(C)C(=O)c2ccc(F)cc2[C@H](n2ccccc2=O)[C@H]1O. The monoisotopic (exact) mass is 301 g/mol. The van der Waals surface area contributed by atoms with Crippen molar-refractivity contribution in [2.24, 2.45) is 5.41 Å². The van der Waals surface area contributed by atoms with Crippen molar-refractivity contribution in [3.05, 3.63) is 69.9 Å². The molecule has 22 heavy (non-hydrogen) atoms. The minimum atomic E-state index is -1.13. The van der Waals surface area contributed by atoms with E-state index in [1.807, 2.05) is 0 Å². The number of nitrogens with zero attached hydrogens (tertiary/aromatic N) is 1. The van der Waals surface area contributed by atoms with E-state index in [2.05, 4.69) is 0 Å². The van der Waals surface area contributed by atoms with Gasteiger partial charge in [0, 0.05) is 17.8 Å². The van der Waals surface area contributed by atoms with Gasteiger partial charge in [-0.25, -0.2) is 4.39 Å². The van der Waals surface area contributed by atoms with Crippen molar-refractivity contribution in [2.45, 2.75) is 26.0 Å². The number of hydrogen-bond donors (Lipinski definition) is 1. The number of aromatic nitrogens is 1. The summed E-state index contributed by atoms with van der Waals surface area (Å²) < 4.78 is 15.0. The lowest BCUT2D eigenvalue weighted by Crippen LogP contribution is -2.49. The molecule has 0 saturated carbocycles. The number of hydrogen-bond acceptors (Lipinski definition) is 3. The van der Waals surface area contributed by atoms with Crippen molar-refractivity contribution < 1.29 is 14.3 Å². The summed E-state index contributed by atoms with van der Waals surface area (Å²) in [5.41, 5.74) is -0.695. The van der Waals surface area contributed by atoms with E-state index in [1.165, 1.54) is 35.0 Å².